The van der Waals surface area contributed by atoms with Crippen molar-refractivity contribution >= 4 is 11.6 Å². The molecule has 0 aliphatic heterocycles. The van der Waals surface area contributed by atoms with Crippen LogP contribution in [0, 0.1) is 11.6 Å². The van der Waals surface area contributed by atoms with Gasteiger partial charge in [-0.25, -0.2) is 8.78 Å². The van der Waals surface area contributed by atoms with Crippen molar-refractivity contribution in [1.29, 1.82) is 0 Å². The number of nitrogens with two attached hydrogens (primary N) is 1. The third-order valence-corrected chi connectivity index (χ3v) is 3.48. The zero-order chi connectivity index (χ0) is 15.4. The summed E-state index contributed by atoms with van der Waals surface area (Å²) in [5.41, 5.74) is 6.68. The van der Waals surface area contributed by atoms with Crippen molar-refractivity contribution in [3.05, 3.63) is 58.6 Å². The number of hydrogen-bond donors (Lipinski definition) is 1. The van der Waals surface area contributed by atoms with Gasteiger partial charge in [-0.3, -0.25) is 0 Å². The monoisotopic (exact) mass is 311 g/mol. The summed E-state index contributed by atoms with van der Waals surface area (Å²) < 4.78 is 32.0. The van der Waals surface area contributed by atoms with E-state index in [-0.39, 0.29) is 11.8 Å². The highest BCUT2D eigenvalue weighted by molar-refractivity contribution is 6.31. The molecule has 2 nitrogen and oxygen atoms in total. The molecule has 0 radical (unpaired) electrons. The molecule has 0 saturated carbocycles. The summed E-state index contributed by atoms with van der Waals surface area (Å²) >= 11 is 6.18. The highest BCUT2D eigenvalue weighted by Gasteiger charge is 2.13. The van der Waals surface area contributed by atoms with E-state index in [0.717, 1.165) is 30.2 Å². The van der Waals surface area contributed by atoms with Crippen LogP contribution in [0.15, 0.2) is 36.4 Å². The summed E-state index contributed by atoms with van der Waals surface area (Å²) in [7, 11) is 0. The van der Waals surface area contributed by atoms with Gasteiger partial charge in [-0.15, -0.1) is 0 Å². The van der Waals surface area contributed by atoms with Crippen molar-refractivity contribution in [2.75, 3.05) is 0 Å². The lowest BCUT2D eigenvalue weighted by Crippen LogP contribution is -2.21. The largest absolute Gasteiger partial charge is 0.457 e. The van der Waals surface area contributed by atoms with Crippen LogP contribution in [0.3, 0.4) is 0 Å². The first kappa shape index (κ1) is 15.7. The average Bonchev–Trinajstić information content (AvgIpc) is 2.41. The molecule has 0 bridgehead atoms. The molecule has 0 aliphatic rings. The summed E-state index contributed by atoms with van der Waals surface area (Å²) in [6, 6.07) is 8.12. The van der Waals surface area contributed by atoms with Gasteiger partial charge in [-0.1, -0.05) is 24.6 Å². The van der Waals surface area contributed by atoms with E-state index in [2.05, 4.69) is 0 Å². The maximum absolute atomic E-state index is 13.2. The molecule has 112 valence electrons. The van der Waals surface area contributed by atoms with Gasteiger partial charge in [-0.2, -0.15) is 0 Å². The molecule has 0 aromatic heterocycles. The minimum Gasteiger partial charge on any atom is -0.457 e. The Hall–Kier alpha value is -1.65. The van der Waals surface area contributed by atoms with Gasteiger partial charge in [0.25, 0.3) is 0 Å². The third-order valence-electron chi connectivity index (χ3n) is 3.13. The topological polar surface area (TPSA) is 35.2 Å². The van der Waals surface area contributed by atoms with Crippen LogP contribution in [0.5, 0.6) is 11.5 Å². The molecule has 0 heterocycles. The molecule has 2 rings (SSSR count). The molecule has 5 heteroatoms. The van der Waals surface area contributed by atoms with Gasteiger partial charge in [0.1, 0.15) is 23.1 Å². The van der Waals surface area contributed by atoms with Crippen molar-refractivity contribution in [1.82, 2.24) is 0 Å². The third kappa shape index (κ3) is 4.16. The second kappa shape index (κ2) is 6.87. The maximum Gasteiger partial charge on any atom is 0.133 e. The minimum absolute atomic E-state index is 0.0588. The van der Waals surface area contributed by atoms with Gasteiger partial charge in [0.2, 0.25) is 0 Å². The van der Waals surface area contributed by atoms with Crippen LogP contribution in [0.4, 0.5) is 8.78 Å². The van der Waals surface area contributed by atoms with Crippen LogP contribution >= 0.6 is 11.6 Å². The van der Waals surface area contributed by atoms with Crippen LogP contribution in [0.2, 0.25) is 5.02 Å². The van der Waals surface area contributed by atoms with Gasteiger partial charge in [0.15, 0.2) is 0 Å². The fraction of sp³-hybridized carbons (Fsp3) is 0.250. The van der Waals surface area contributed by atoms with E-state index in [1.807, 2.05) is 6.92 Å². The summed E-state index contributed by atoms with van der Waals surface area (Å²) in [4.78, 5) is 0. The quantitative estimate of drug-likeness (QED) is 0.869. The standard InChI is InChI=1S/C16H16ClF2NO/c1-2-12(20)9-14-15(17)4-3-5-16(14)21-13-7-10(18)6-11(19)8-13/h3-8,12H,2,9,20H2,1H3. The molecule has 0 spiro atoms. The Morgan fingerprint density at radius 2 is 1.86 bits per heavy atom. The molecule has 0 saturated heterocycles. The normalized spacial score (nSPS) is 12.2. The van der Waals surface area contributed by atoms with E-state index in [4.69, 9.17) is 22.1 Å². The summed E-state index contributed by atoms with van der Waals surface area (Å²) in [6.07, 6.45) is 1.32. The van der Waals surface area contributed by atoms with Crippen LogP contribution in [-0.2, 0) is 6.42 Å². The van der Waals surface area contributed by atoms with Crippen molar-refractivity contribution in [2.45, 2.75) is 25.8 Å². The van der Waals surface area contributed by atoms with Crippen molar-refractivity contribution in [2.24, 2.45) is 5.73 Å². The maximum atomic E-state index is 13.2. The van der Waals surface area contributed by atoms with Crippen LogP contribution in [0.1, 0.15) is 18.9 Å². The highest BCUT2D eigenvalue weighted by Crippen LogP contribution is 2.32. The average molecular weight is 312 g/mol. The summed E-state index contributed by atoms with van der Waals surface area (Å²) in [5, 5.41) is 0.522. The summed E-state index contributed by atoms with van der Waals surface area (Å²) in [5.74, 6) is -0.852. The smallest absolute Gasteiger partial charge is 0.133 e. The van der Waals surface area contributed by atoms with E-state index in [9.17, 15) is 8.78 Å². The Morgan fingerprint density at radius 1 is 1.19 bits per heavy atom. The molecular formula is C16H16ClF2NO. The molecule has 2 aromatic carbocycles. The Balaban J connectivity index is 2.32. The molecule has 2 aromatic rings. The number of rotatable bonds is 5. The Bertz CT molecular complexity index is 613. The first-order valence-electron chi connectivity index (χ1n) is 6.66. The first-order chi connectivity index (χ1) is 9.99. The Kier molecular flexibility index (Phi) is 5.15. The van der Waals surface area contributed by atoms with Crippen LogP contribution in [-0.4, -0.2) is 6.04 Å². The van der Waals surface area contributed by atoms with Gasteiger partial charge >= 0.3 is 0 Å². The fourth-order valence-corrected chi connectivity index (χ4v) is 2.20. The zero-order valence-electron chi connectivity index (χ0n) is 11.6. The van der Waals surface area contributed by atoms with Gasteiger partial charge in [0, 0.05) is 34.8 Å². The molecule has 0 fully saturated rings. The Labute approximate surface area is 127 Å². The molecule has 0 aliphatic carbocycles. The number of benzene rings is 2. The van der Waals surface area contributed by atoms with E-state index in [0.29, 0.717) is 17.2 Å². The lowest BCUT2D eigenvalue weighted by Gasteiger charge is -2.15. The first-order valence-corrected chi connectivity index (χ1v) is 7.04. The highest BCUT2D eigenvalue weighted by atomic mass is 35.5. The van der Waals surface area contributed by atoms with E-state index in [1.165, 1.54) is 0 Å². The number of hydrogen-bond acceptors (Lipinski definition) is 2. The van der Waals surface area contributed by atoms with Crippen molar-refractivity contribution in [3.63, 3.8) is 0 Å². The van der Waals surface area contributed by atoms with Gasteiger partial charge < -0.3 is 10.5 Å². The predicted octanol–water partition coefficient (Wildman–Crippen LogP) is 4.69. The number of ether oxygens (including phenoxy) is 1. The molecule has 21 heavy (non-hydrogen) atoms. The van der Waals surface area contributed by atoms with Crippen molar-refractivity contribution in [3.8, 4) is 11.5 Å². The second-order valence-electron chi connectivity index (χ2n) is 4.80. The van der Waals surface area contributed by atoms with Crippen molar-refractivity contribution < 1.29 is 13.5 Å². The van der Waals surface area contributed by atoms with E-state index < -0.39 is 11.6 Å². The lowest BCUT2D eigenvalue weighted by atomic mass is 10.0. The van der Waals surface area contributed by atoms with Gasteiger partial charge in [0.05, 0.1) is 0 Å². The molecule has 1 unspecified atom stereocenters. The number of halogens is 3. The minimum atomic E-state index is -0.696. The fourth-order valence-electron chi connectivity index (χ4n) is 1.95. The molecular weight excluding hydrogens is 296 g/mol. The predicted molar refractivity (Wildman–Crippen MR) is 79.9 cm³/mol. The van der Waals surface area contributed by atoms with E-state index >= 15 is 0 Å². The second-order valence-corrected chi connectivity index (χ2v) is 5.20. The van der Waals surface area contributed by atoms with Crippen LogP contribution < -0.4 is 10.5 Å². The summed E-state index contributed by atoms with van der Waals surface area (Å²) in [6.45, 7) is 1.98. The Morgan fingerprint density at radius 3 is 2.48 bits per heavy atom. The van der Waals surface area contributed by atoms with E-state index in [1.54, 1.807) is 18.2 Å². The molecule has 0 amide bonds. The lowest BCUT2D eigenvalue weighted by molar-refractivity contribution is 0.460. The van der Waals surface area contributed by atoms with Gasteiger partial charge in [-0.05, 0) is 25.0 Å². The van der Waals surface area contributed by atoms with Crippen LogP contribution in [0.25, 0.3) is 0 Å². The molecule has 1 atom stereocenters. The zero-order valence-corrected chi connectivity index (χ0v) is 12.3. The molecule has 2 N–H and O–H groups in total. The SMILES string of the molecule is CCC(N)Cc1c(Cl)cccc1Oc1cc(F)cc(F)c1.